The Morgan fingerprint density at radius 2 is 1.73 bits per heavy atom. The van der Waals surface area contributed by atoms with Gasteiger partial charge in [0.2, 0.25) is 0 Å². The Morgan fingerprint density at radius 3 is 2.39 bits per heavy atom. The smallest absolute Gasteiger partial charge is 0.262 e. The summed E-state index contributed by atoms with van der Waals surface area (Å²) in [5.41, 5.74) is 3.68. The summed E-state index contributed by atoms with van der Waals surface area (Å²) in [6.07, 6.45) is 0. The molecule has 0 saturated carbocycles. The highest BCUT2D eigenvalue weighted by Gasteiger charge is 2.15. The first kappa shape index (κ1) is 24.7. The minimum absolute atomic E-state index is 0.144. The van der Waals surface area contributed by atoms with E-state index in [0.29, 0.717) is 39.9 Å². The number of ether oxygens (including phenoxy) is 3. The van der Waals surface area contributed by atoms with Gasteiger partial charge < -0.3 is 24.8 Å². The van der Waals surface area contributed by atoms with Gasteiger partial charge in [0.25, 0.3) is 5.91 Å². The lowest BCUT2D eigenvalue weighted by Crippen LogP contribution is -2.20. The Bertz CT molecular complexity index is 1110. The minimum Gasteiger partial charge on any atom is -0.495 e. The van der Waals surface area contributed by atoms with Crippen molar-refractivity contribution in [3.05, 3.63) is 75.2 Å². The normalized spacial score (nSPS) is 10.5. The van der Waals surface area contributed by atoms with Crippen LogP contribution in [-0.4, -0.2) is 26.2 Å². The minimum atomic E-state index is -0.254. The number of methoxy groups -OCH3 is 1. The molecule has 0 aliphatic rings. The van der Waals surface area contributed by atoms with E-state index in [-0.39, 0.29) is 12.5 Å². The first-order valence-electron chi connectivity index (χ1n) is 10.4. The van der Waals surface area contributed by atoms with Gasteiger partial charge in [-0.2, -0.15) is 0 Å². The molecule has 0 fully saturated rings. The van der Waals surface area contributed by atoms with Crippen molar-refractivity contribution < 1.29 is 19.0 Å². The molecule has 1 amide bonds. The van der Waals surface area contributed by atoms with E-state index in [0.717, 1.165) is 22.5 Å². The summed E-state index contributed by atoms with van der Waals surface area (Å²) < 4.78 is 17.5. The number of carbonyl (C=O) groups is 1. The van der Waals surface area contributed by atoms with Crippen LogP contribution in [0.5, 0.6) is 17.2 Å². The van der Waals surface area contributed by atoms with Crippen LogP contribution in [0.25, 0.3) is 0 Å². The molecule has 0 heterocycles. The van der Waals surface area contributed by atoms with Crippen LogP contribution in [0.2, 0.25) is 5.02 Å². The van der Waals surface area contributed by atoms with E-state index in [1.807, 2.05) is 68.4 Å². The van der Waals surface area contributed by atoms with Gasteiger partial charge in [-0.05, 0) is 77.8 Å². The van der Waals surface area contributed by atoms with Crippen LogP contribution in [0, 0.1) is 6.92 Å². The van der Waals surface area contributed by atoms with Crippen LogP contribution < -0.4 is 24.8 Å². The van der Waals surface area contributed by atoms with Crippen LogP contribution in [0.3, 0.4) is 0 Å². The lowest BCUT2D eigenvalue weighted by atomic mass is 10.2. The van der Waals surface area contributed by atoms with Crippen LogP contribution in [0.1, 0.15) is 18.1 Å². The Morgan fingerprint density at radius 1 is 1.00 bits per heavy atom. The molecule has 174 valence electrons. The zero-order valence-electron chi connectivity index (χ0n) is 18.7. The topological polar surface area (TPSA) is 68.8 Å². The monoisotopic (exact) mass is 532 g/mol. The van der Waals surface area contributed by atoms with Crippen molar-refractivity contribution in [3.63, 3.8) is 0 Å². The zero-order chi connectivity index (χ0) is 23.8. The van der Waals surface area contributed by atoms with E-state index in [4.69, 9.17) is 25.8 Å². The summed E-state index contributed by atoms with van der Waals surface area (Å²) in [7, 11) is 1.58. The van der Waals surface area contributed by atoms with Crippen molar-refractivity contribution in [2.24, 2.45) is 0 Å². The third kappa shape index (κ3) is 7.04. The predicted octanol–water partition coefficient (Wildman–Crippen LogP) is 6.45. The first-order chi connectivity index (χ1) is 15.9. The molecule has 0 unspecified atom stereocenters. The summed E-state index contributed by atoms with van der Waals surface area (Å²) in [5, 5.41) is 6.69. The van der Waals surface area contributed by atoms with E-state index >= 15 is 0 Å². The molecule has 0 aliphatic heterocycles. The van der Waals surface area contributed by atoms with Crippen molar-refractivity contribution in [1.82, 2.24) is 0 Å². The summed E-state index contributed by atoms with van der Waals surface area (Å²) in [5.74, 6) is 1.40. The second kappa shape index (κ2) is 11.8. The highest BCUT2D eigenvalue weighted by atomic mass is 79.9. The van der Waals surface area contributed by atoms with E-state index in [1.165, 1.54) is 0 Å². The van der Waals surface area contributed by atoms with Gasteiger partial charge in [-0.3, -0.25) is 4.79 Å². The van der Waals surface area contributed by atoms with Gasteiger partial charge in [-0.1, -0.05) is 29.3 Å². The van der Waals surface area contributed by atoms with Gasteiger partial charge in [0, 0.05) is 17.9 Å². The number of halogens is 2. The van der Waals surface area contributed by atoms with E-state index in [2.05, 4.69) is 26.6 Å². The standard InChI is InChI=1S/C25H26BrClN2O4/c1-4-32-23-12-17(14-28-19-9-10-22(31-3)21(27)13-19)11-20(26)25(23)33-15-24(30)29-18-7-5-16(2)6-8-18/h5-13,28H,4,14-15H2,1-3H3,(H,29,30). The Labute approximate surface area is 207 Å². The molecular weight excluding hydrogens is 508 g/mol. The fraction of sp³-hybridized carbons (Fsp3) is 0.240. The SMILES string of the molecule is CCOc1cc(CNc2ccc(OC)c(Cl)c2)cc(Br)c1OCC(=O)Nc1ccc(C)cc1. The molecule has 0 saturated heterocycles. The Hall–Kier alpha value is -2.90. The number of hydrogen-bond donors (Lipinski definition) is 2. The second-order valence-electron chi connectivity index (χ2n) is 7.24. The summed E-state index contributed by atoms with van der Waals surface area (Å²) in [6.45, 7) is 4.74. The second-order valence-corrected chi connectivity index (χ2v) is 8.51. The van der Waals surface area contributed by atoms with E-state index in [1.54, 1.807) is 7.11 Å². The predicted molar refractivity (Wildman–Crippen MR) is 136 cm³/mol. The van der Waals surface area contributed by atoms with Crippen molar-refractivity contribution in [3.8, 4) is 17.2 Å². The highest BCUT2D eigenvalue weighted by molar-refractivity contribution is 9.10. The maximum atomic E-state index is 12.3. The molecule has 3 aromatic carbocycles. The van der Waals surface area contributed by atoms with Crippen LogP contribution in [0.4, 0.5) is 11.4 Å². The van der Waals surface area contributed by atoms with E-state index < -0.39 is 0 Å². The lowest BCUT2D eigenvalue weighted by Gasteiger charge is -2.16. The van der Waals surface area contributed by atoms with Crippen LogP contribution in [0.15, 0.2) is 59.1 Å². The zero-order valence-corrected chi connectivity index (χ0v) is 21.0. The average molecular weight is 534 g/mol. The van der Waals surface area contributed by atoms with Gasteiger partial charge in [0.1, 0.15) is 5.75 Å². The van der Waals surface area contributed by atoms with Gasteiger partial charge in [0.05, 0.1) is 23.2 Å². The van der Waals surface area contributed by atoms with Crippen molar-refractivity contribution >= 4 is 44.8 Å². The molecule has 0 aromatic heterocycles. The van der Waals surface area contributed by atoms with Crippen molar-refractivity contribution in [2.45, 2.75) is 20.4 Å². The third-order valence-corrected chi connectivity index (χ3v) is 5.58. The maximum Gasteiger partial charge on any atom is 0.262 e. The number of amides is 1. The quantitative estimate of drug-likeness (QED) is 0.313. The largest absolute Gasteiger partial charge is 0.495 e. The van der Waals surface area contributed by atoms with Gasteiger partial charge in [-0.15, -0.1) is 0 Å². The number of hydrogen-bond acceptors (Lipinski definition) is 5. The van der Waals surface area contributed by atoms with Gasteiger partial charge in [0.15, 0.2) is 18.1 Å². The lowest BCUT2D eigenvalue weighted by molar-refractivity contribution is -0.118. The number of nitrogens with one attached hydrogen (secondary N) is 2. The molecule has 2 N–H and O–H groups in total. The third-order valence-electron chi connectivity index (χ3n) is 4.70. The molecule has 0 aliphatic carbocycles. The summed E-state index contributed by atoms with van der Waals surface area (Å²) in [6, 6.07) is 16.9. The number of aryl methyl sites for hydroxylation is 1. The average Bonchev–Trinajstić information content (AvgIpc) is 2.79. The molecule has 3 rings (SSSR count). The molecule has 3 aromatic rings. The number of rotatable bonds is 10. The van der Waals surface area contributed by atoms with Gasteiger partial charge in [-0.25, -0.2) is 0 Å². The Balaban J connectivity index is 1.66. The van der Waals surface area contributed by atoms with Crippen LogP contribution in [-0.2, 0) is 11.3 Å². The van der Waals surface area contributed by atoms with Gasteiger partial charge >= 0.3 is 0 Å². The van der Waals surface area contributed by atoms with Crippen molar-refractivity contribution in [2.75, 3.05) is 31.0 Å². The molecule has 6 nitrogen and oxygen atoms in total. The fourth-order valence-electron chi connectivity index (χ4n) is 3.08. The maximum absolute atomic E-state index is 12.3. The fourth-order valence-corrected chi connectivity index (χ4v) is 3.94. The van der Waals surface area contributed by atoms with Crippen LogP contribution >= 0.6 is 27.5 Å². The summed E-state index contributed by atoms with van der Waals surface area (Å²) >= 11 is 9.75. The van der Waals surface area contributed by atoms with Crippen molar-refractivity contribution in [1.29, 1.82) is 0 Å². The number of benzene rings is 3. The molecular formula is C25H26BrClN2O4. The van der Waals surface area contributed by atoms with E-state index in [9.17, 15) is 4.79 Å². The Kier molecular flexibility index (Phi) is 8.86. The molecule has 0 radical (unpaired) electrons. The molecule has 0 spiro atoms. The highest BCUT2D eigenvalue weighted by Crippen LogP contribution is 2.37. The number of anilines is 2. The molecule has 8 heteroatoms. The molecule has 33 heavy (non-hydrogen) atoms. The first-order valence-corrected chi connectivity index (χ1v) is 11.6. The molecule has 0 bridgehead atoms. The summed E-state index contributed by atoms with van der Waals surface area (Å²) in [4.78, 5) is 12.3. The number of carbonyl (C=O) groups excluding carboxylic acids is 1. The molecule has 0 atom stereocenters.